The number of sulfonamides is 1. The Morgan fingerprint density at radius 2 is 1.71 bits per heavy atom. The Balaban J connectivity index is 1.58. The van der Waals surface area contributed by atoms with E-state index in [2.05, 4.69) is 17.4 Å². The van der Waals surface area contributed by atoms with Gasteiger partial charge in [0.15, 0.2) is 0 Å². The Morgan fingerprint density at radius 1 is 1.03 bits per heavy atom. The van der Waals surface area contributed by atoms with Gasteiger partial charge in [-0.2, -0.15) is 0 Å². The zero-order chi connectivity index (χ0) is 24.3. The number of nitrogens with zero attached hydrogens (tertiary/aromatic N) is 2. The molecule has 34 heavy (non-hydrogen) atoms. The fourth-order valence-corrected chi connectivity index (χ4v) is 5.58. The summed E-state index contributed by atoms with van der Waals surface area (Å²) in [6.45, 7) is 1.39. The van der Waals surface area contributed by atoms with Crippen molar-refractivity contribution in [1.82, 2.24) is 5.32 Å². The van der Waals surface area contributed by atoms with Crippen molar-refractivity contribution in [1.29, 1.82) is 0 Å². The Labute approximate surface area is 198 Å². The average Bonchev–Trinajstić information content (AvgIpc) is 3.31. The molecular weight excluding hydrogens is 454 g/mol. The minimum Gasteiger partial charge on any atom is -0.348 e. The van der Waals surface area contributed by atoms with Crippen molar-refractivity contribution in [3.8, 4) is 0 Å². The summed E-state index contributed by atoms with van der Waals surface area (Å²) in [4.78, 5) is 23.4. The van der Waals surface area contributed by atoms with Crippen molar-refractivity contribution in [3.63, 3.8) is 0 Å². The van der Waals surface area contributed by atoms with Gasteiger partial charge in [0.1, 0.15) is 6.54 Å². The molecule has 3 aromatic rings. The molecule has 176 valence electrons. The van der Waals surface area contributed by atoms with Gasteiger partial charge in [-0.15, -0.1) is 0 Å². The van der Waals surface area contributed by atoms with Gasteiger partial charge in [-0.1, -0.05) is 36.4 Å². The molecule has 9 heteroatoms. The highest BCUT2D eigenvalue weighted by Gasteiger charge is 2.28. The summed E-state index contributed by atoms with van der Waals surface area (Å²) >= 11 is 0. The average molecular weight is 480 g/mol. The molecule has 0 bridgehead atoms. The minimum atomic E-state index is -4.09. The lowest BCUT2D eigenvalue weighted by molar-refractivity contribution is -0.384. The highest BCUT2D eigenvalue weighted by atomic mass is 32.2. The van der Waals surface area contributed by atoms with Gasteiger partial charge in [-0.05, 0) is 67.1 Å². The van der Waals surface area contributed by atoms with Crippen molar-refractivity contribution < 1.29 is 18.1 Å². The molecule has 1 amide bonds. The maximum atomic E-state index is 13.4. The summed E-state index contributed by atoms with van der Waals surface area (Å²) in [5.74, 6) is -0.481. The zero-order valence-corrected chi connectivity index (χ0v) is 19.5. The van der Waals surface area contributed by atoms with Crippen LogP contribution in [-0.2, 0) is 27.7 Å². The lowest BCUT2D eigenvalue weighted by Crippen LogP contribution is -2.41. The standard InChI is InChI=1S/C25H25N3O5S/c1-18(20-11-10-19-6-5-7-21(19)16-20)26-25(29)17-27(22-12-14-23(15-13-22)28(30)31)34(32,33)24-8-3-2-4-9-24/h2-4,8-16,18H,5-7,17H2,1H3,(H,26,29). The number of hydrogen-bond donors (Lipinski definition) is 1. The van der Waals surface area contributed by atoms with E-state index in [9.17, 15) is 23.3 Å². The van der Waals surface area contributed by atoms with Crippen LogP contribution in [0.15, 0.2) is 77.7 Å². The van der Waals surface area contributed by atoms with Crippen LogP contribution in [0, 0.1) is 10.1 Å². The predicted molar refractivity (Wildman–Crippen MR) is 129 cm³/mol. The van der Waals surface area contributed by atoms with Crippen molar-refractivity contribution in [2.75, 3.05) is 10.8 Å². The van der Waals surface area contributed by atoms with Gasteiger partial charge in [0, 0.05) is 12.1 Å². The Bertz CT molecular complexity index is 1310. The number of anilines is 1. The molecule has 0 fully saturated rings. The molecular formula is C25H25N3O5S. The number of carbonyl (C=O) groups excluding carboxylic acids is 1. The second-order valence-electron chi connectivity index (χ2n) is 8.27. The van der Waals surface area contributed by atoms with E-state index in [1.165, 1.54) is 47.5 Å². The number of nitrogens with one attached hydrogen (secondary N) is 1. The number of aryl methyl sites for hydroxylation is 2. The lowest BCUT2D eigenvalue weighted by atomic mass is 10.0. The van der Waals surface area contributed by atoms with Crippen molar-refractivity contribution >= 4 is 27.3 Å². The molecule has 0 spiro atoms. The van der Waals surface area contributed by atoms with E-state index >= 15 is 0 Å². The molecule has 1 unspecified atom stereocenters. The fourth-order valence-electron chi connectivity index (χ4n) is 4.14. The first kappa shape index (κ1) is 23.4. The van der Waals surface area contributed by atoms with Crippen LogP contribution in [0.3, 0.4) is 0 Å². The number of benzene rings is 3. The van der Waals surface area contributed by atoms with Crippen LogP contribution in [0.1, 0.15) is 36.1 Å². The fraction of sp³-hybridized carbons (Fsp3) is 0.240. The maximum Gasteiger partial charge on any atom is 0.269 e. The van der Waals surface area contributed by atoms with Crippen LogP contribution in [-0.4, -0.2) is 25.8 Å². The highest BCUT2D eigenvalue weighted by molar-refractivity contribution is 7.92. The van der Waals surface area contributed by atoms with Crippen molar-refractivity contribution in [2.24, 2.45) is 0 Å². The molecule has 1 aliphatic rings. The highest BCUT2D eigenvalue weighted by Crippen LogP contribution is 2.27. The van der Waals surface area contributed by atoms with Crippen LogP contribution in [0.2, 0.25) is 0 Å². The number of amides is 1. The first-order chi connectivity index (χ1) is 16.3. The zero-order valence-electron chi connectivity index (χ0n) is 18.7. The lowest BCUT2D eigenvalue weighted by Gasteiger charge is -2.25. The van der Waals surface area contributed by atoms with E-state index in [-0.39, 0.29) is 22.3 Å². The van der Waals surface area contributed by atoms with Gasteiger partial charge < -0.3 is 5.32 Å². The molecule has 0 saturated heterocycles. The van der Waals surface area contributed by atoms with Crippen LogP contribution in [0.5, 0.6) is 0 Å². The number of carbonyl (C=O) groups is 1. The van der Waals surface area contributed by atoms with Crippen molar-refractivity contribution in [2.45, 2.75) is 37.1 Å². The van der Waals surface area contributed by atoms with Gasteiger partial charge in [0.05, 0.1) is 21.5 Å². The Kier molecular flexibility index (Phi) is 6.65. The normalized spacial score (nSPS) is 13.7. The molecule has 1 N–H and O–H groups in total. The van der Waals surface area contributed by atoms with E-state index in [1.807, 2.05) is 13.0 Å². The second-order valence-corrected chi connectivity index (χ2v) is 10.1. The third kappa shape index (κ3) is 4.94. The number of rotatable bonds is 8. The quantitative estimate of drug-likeness (QED) is 0.385. The van der Waals surface area contributed by atoms with Gasteiger partial charge in [0.25, 0.3) is 15.7 Å². The van der Waals surface area contributed by atoms with E-state index in [1.54, 1.807) is 18.2 Å². The molecule has 1 atom stereocenters. The SMILES string of the molecule is CC(NC(=O)CN(c1ccc([N+](=O)[O-])cc1)S(=O)(=O)c1ccccc1)c1ccc2c(c1)CCC2. The molecule has 0 saturated carbocycles. The topological polar surface area (TPSA) is 110 Å². The summed E-state index contributed by atoms with van der Waals surface area (Å²) in [7, 11) is -4.09. The third-order valence-corrected chi connectivity index (χ3v) is 7.76. The smallest absolute Gasteiger partial charge is 0.269 e. The number of nitro groups is 1. The molecule has 0 aromatic heterocycles. The summed E-state index contributed by atoms with van der Waals surface area (Å²) in [6, 6.07) is 18.7. The first-order valence-corrected chi connectivity index (χ1v) is 12.4. The number of hydrogen-bond acceptors (Lipinski definition) is 5. The molecule has 0 heterocycles. The van der Waals surface area contributed by atoms with Crippen LogP contribution < -0.4 is 9.62 Å². The monoisotopic (exact) mass is 479 g/mol. The summed E-state index contributed by atoms with van der Waals surface area (Å²) in [6.07, 6.45) is 3.21. The van der Waals surface area contributed by atoms with E-state index in [4.69, 9.17) is 0 Å². The largest absolute Gasteiger partial charge is 0.348 e. The molecule has 8 nitrogen and oxygen atoms in total. The third-order valence-electron chi connectivity index (χ3n) is 5.97. The van der Waals surface area contributed by atoms with E-state index in [0.29, 0.717) is 0 Å². The molecule has 1 aliphatic carbocycles. The van der Waals surface area contributed by atoms with E-state index in [0.717, 1.165) is 29.1 Å². The molecule has 4 rings (SSSR count). The van der Waals surface area contributed by atoms with Crippen LogP contribution in [0.25, 0.3) is 0 Å². The first-order valence-electron chi connectivity index (χ1n) is 11.0. The van der Waals surface area contributed by atoms with Crippen LogP contribution in [0.4, 0.5) is 11.4 Å². The predicted octanol–water partition coefficient (Wildman–Crippen LogP) is 4.16. The van der Waals surface area contributed by atoms with Gasteiger partial charge >= 0.3 is 0 Å². The molecule has 3 aromatic carbocycles. The number of fused-ring (bicyclic) bond motifs is 1. The minimum absolute atomic E-state index is 0.0211. The Hall–Kier alpha value is -3.72. The molecule has 0 aliphatic heterocycles. The number of nitro benzene ring substituents is 1. The van der Waals surface area contributed by atoms with Crippen LogP contribution >= 0.6 is 0 Å². The summed E-state index contributed by atoms with van der Waals surface area (Å²) in [5, 5.41) is 13.9. The van der Waals surface area contributed by atoms with Gasteiger partial charge in [0.2, 0.25) is 5.91 Å². The second kappa shape index (κ2) is 9.64. The Morgan fingerprint density at radius 3 is 2.38 bits per heavy atom. The van der Waals surface area contributed by atoms with Crippen molar-refractivity contribution in [3.05, 3.63) is 99.6 Å². The summed E-state index contributed by atoms with van der Waals surface area (Å²) < 4.78 is 27.7. The number of non-ortho nitro benzene ring substituents is 1. The summed E-state index contributed by atoms with van der Waals surface area (Å²) in [5.41, 5.74) is 3.57. The molecule has 0 radical (unpaired) electrons. The maximum absolute atomic E-state index is 13.4. The van der Waals surface area contributed by atoms with Gasteiger partial charge in [-0.25, -0.2) is 8.42 Å². The van der Waals surface area contributed by atoms with Gasteiger partial charge in [-0.3, -0.25) is 19.2 Å². The van der Waals surface area contributed by atoms with E-state index < -0.39 is 27.4 Å².